The number of amides is 1. The Morgan fingerprint density at radius 3 is 3.09 bits per heavy atom. The lowest BCUT2D eigenvalue weighted by Crippen LogP contribution is -2.38. The fourth-order valence-electron chi connectivity index (χ4n) is 2.59. The summed E-state index contributed by atoms with van der Waals surface area (Å²) in [7, 11) is 0. The number of benzene rings is 1. The minimum atomic E-state index is -0.295. The van der Waals surface area contributed by atoms with Crippen LogP contribution in [-0.4, -0.2) is 29.0 Å². The van der Waals surface area contributed by atoms with Crippen LogP contribution >= 0.6 is 0 Å². The number of anilines is 1. The topological polar surface area (TPSA) is 110 Å². The zero-order valence-corrected chi connectivity index (χ0v) is 12.5. The second-order valence-corrected chi connectivity index (χ2v) is 5.48. The number of nitrogens with zero attached hydrogens (tertiary/aromatic N) is 1. The van der Waals surface area contributed by atoms with Crippen molar-refractivity contribution in [2.45, 2.75) is 12.8 Å². The van der Waals surface area contributed by atoms with Gasteiger partial charge >= 0.3 is 0 Å². The molecule has 1 unspecified atom stereocenters. The van der Waals surface area contributed by atoms with Gasteiger partial charge in [0.05, 0.1) is 5.92 Å². The van der Waals surface area contributed by atoms with Crippen molar-refractivity contribution in [2.75, 3.05) is 18.9 Å². The van der Waals surface area contributed by atoms with Crippen molar-refractivity contribution < 1.29 is 9.53 Å². The lowest BCUT2D eigenvalue weighted by Gasteiger charge is -2.24. The number of fused-ring (bicyclic) bond motifs is 1. The first kappa shape index (κ1) is 15.1. The number of nitrogens with one attached hydrogen (secondary N) is 2. The Morgan fingerprint density at radius 1 is 1.43 bits per heavy atom. The molecule has 23 heavy (non-hydrogen) atoms. The van der Waals surface area contributed by atoms with Crippen molar-refractivity contribution in [1.29, 1.82) is 0 Å². The second-order valence-electron chi connectivity index (χ2n) is 5.48. The van der Waals surface area contributed by atoms with Crippen LogP contribution in [0.4, 0.5) is 5.82 Å². The molecule has 1 aliphatic heterocycles. The van der Waals surface area contributed by atoms with Gasteiger partial charge in [0, 0.05) is 19.0 Å². The molecule has 120 valence electrons. The van der Waals surface area contributed by atoms with Gasteiger partial charge in [0.25, 0.3) is 5.56 Å². The highest BCUT2D eigenvalue weighted by molar-refractivity contribution is 5.79. The Hall–Kier alpha value is -2.83. The average molecular weight is 314 g/mol. The molecule has 1 atom stereocenters. The van der Waals surface area contributed by atoms with Crippen molar-refractivity contribution in [1.82, 2.24) is 15.3 Å². The van der Waals surface area contributed by atoms with E-state index in [4.69, 9.17) is 10.5 Å². The molecule has 1 aromatic carbocycles. The summed E-state index contributed by atoms with van der Waals surface area (Å²) in [5, 5.41) is 2.85. The van der Waals surface area contributed by atoms with Crippen LogP contribution in [0.1, 0.15) is 11.4 Å². The average Bonchev–Trinajstić information content (AvgIpc) is 2.53. The van der Waals surface area contributed by atoms with Gasteiger partial charge in [0.1, 0.15) is 24.0 Å². The summed E-state index contributed by atoms with van der Waals surface area (Å²) < 4.78 is 5.62. The highest BCUT2D eigenvalue weighted by Crippen LogP contribution is 2.26. The number of para-hydroxylation sites is 1. The molecule has 3 rings (SSSR count). The monoisotopic (exact) mass is 314 g/mol. The first-order chi connectivity index (χ1) is 11.1. The lowest BCUT2D eigenvalue weighted by atomic mass is 9.96. The summed E-state index contributed by atoms with van der Waals surface area (Å²) in [6.07, 6.45) is 1.07. The van der Waals surface area contributed by atoms with Crippen molar-refractivity contribution in [3.63, 3.8) is 0 Å². The number of hydrogen-bond donors (Lipinski definition) is 3. The Morgan fingerprint density at radius 2 is 2.26 bits per heavy atom. The summed E-state index contributed by atoms with van der Waals surface area (Å²) in [5.74, 6) is 1.20. The van der Waals surface area contributed by atoms with Crippen LogP contribution in [0.15, 0.2) is 35.1 Å². The minimum Gasteiger partial charge on any atom is -0.492 e. The second kappa shape index (κ2) is 6.51. The molecule has 0 saturated heterocycles. The van der Waals surface area contributed by atoms with Gasteiger partial charge in [-0.15, -0.1) is 0 Å². The summed E-state index contributed by atoms with van der Waals surface area (Å²) in [6.45, 7) is 0.750. The van der Waals surface area contributed by atoms with Gasteiger partial charge in [-0.1, -0.05) is 18.2 Å². The SMILES string of the molecule is Nc1cc(=O)[nH]c(CCNC(=O)C2COc3ccccc3C2)n1. The van der Waals surface area contributed by atoms with Gasteiger partial charge in [-0.05, 0) is 18.1 Å². The van der Waals surface area contributed by atoms with Gasteiger partial charge in [-0.2, -0.15) is 0 Å². The molecule has 0 aliphatic carbocycles. The molecule has 0 fully saturated rings. The summed E-state index contributed by atoms with van der Waals surface area (Å²) in [5.41, 5.74) is 6.27. The first-order valence-electron chi connectivity index (χ1n) is 7.46. The normalized spacial score (nSPS) is 16.3. The number of aromatic nitrogens is 2. The van der Waals surface area contributed by atoms with Gasteiger partial charge < -0.3 is 20.8 Å². The van der Waals surface area contributed by atoms with Crippen LogP contribution in [0, 0.1) is 5.92 Å². The highest BCUT2D eigenvalue weighted by atomic mass is 16.5. The van der Waals surface area contributed by atoms with Crippen LogP contribution in [-0.2, 0) is 17.6 Å². The zero-order chi connectivity index (χ0) is 16.2. The van der Waals surface area contributed by atoms with Crippen LogP contribution in [0.5, 0.6) is 5.75 Å². The predicted octanol–water partition coefficient (Wildman–Crippen LogP) is 0.262. The van der Waals surface area contributed by atoms with Gasteiger partial charge in [0.2, 0.25) is 5.91 Å². The number of nitrogen functional groups attached to an aromatic ring is 1. The minimum absolute atomic E-state index is 0.0641. The van der Waals surface area contributed by atoms with Gasteiger partial charge in [0.15, 0.2) is 0 Å². The molecule has 1 aliphatic rings. The number of rotatable bonds is 4. The van der Waals surface area contributed by atoms with Crippen molar-refractivity contribution in [3.8, 4) is 5.75 Å². The van der Waals surface area contributed by atoms with E-state index >= 15 is 0 Å². The van der Waals surface area contributed by atoms with Crippen molar-refractivity contribution in [3.05, 3.63) is 52.1 Å². The standard InChI is InChI=1S/C16H18N4O3/c17-13-8-15(21)20-14(19-13)5-6-18-16(22)11-7-10-3-1-2-4-12(10)23-9-11/h1-4,8,11H,5-7,9H2,(H,18,22)(H3,17,19,20,21). The molecule has 1 aromatic heterocycles. The van der Waals surface area contributed by atoms with Crippen molar-refractivity contribution in [2.24, 2.45) is 5.92 Å². The third-order valence-electron chi connectivity index (χ3n) is 3.72. The highest BCUT2D eigenvalue weighted by Gasteiger charge is 2.25. The molecule has 7 nitrogen and oxygen atoms in total. The largest absolute Gasteiger partial charge is 0.492 e. The van der Waals surface area contributed by atoms with E-state index in [9.17, 15) is 9.59 Å². The zero-order valence-electron chi connectivity index (χ0n) is 12.5. The van der Waals surface area contributed by atoms with Crippen LogP contribution in [0.3, 0.4) is 0 Å². The summed E-state index contributed by atoms with van der Waals surface area (Å²) in [4.78, 5) is 30.1. The Labute approximate surface area is 132 Å². The third kappa shape index (κ3) is 3.68. The number of nitrogens with two attached hydrogens (primary N) is 1. The number of hydrogen-bond acceptors (Lipinski definition) is 5. The van der Waals surface area contributed by atoms with E-state index in [0.29, 0.717) is 31.8 Å². The van der Waals surface area contributed by atoms with Crippen molar-refractivity contribution >= 4 is 11.7 Å². The Bertz CT molecular complexity index is 772. The van der Waals surface area contributed by atoms with E-state index in [1.807, 2.05) is 24.3 Å². The fraction of sp³-hybridized carbons (Fsp3) is 0.312. The quantitative estimate of drug-likeness (QED) is 0.750. The number of aromatic amines is 1. The van der Waals surface area contributed by atoms with E-state index < -0.39 is 0 Å². The van der Waals surface area contributed by atoms with Crippen LogP contribution in [0.25, 0.3) is 0 Å². The van der Waals surface area contributed by atoms with E-state index in [2.05, 4.69) is 15.3 Å². The van der Waals surface area contributed by atoms with E-state index in [1.165, 1.54) is 6.07 Å². The third-order valence-corrected chi connectivity index (χ3v) is 3.72. The van der Waals surface area contributed by atoms with E-state index in [-0.39, 0.29) is 23.2 Å². The van der Waals surface area contributed by atoms with Crippen LogP contribution in [0.2, 0.25) is 0 Å². The maximum Gasteiger partial charge on any atom is 0.252 e. The fourth-order valence-corrected chi connectivity index (χ4v) is 2.59. The molecule has 4 N–H and O–H groups in total. The summed E-state index contributed by atoms with van der Waals surface area (Å²) >= 11 is 0. The maximum atomic E-state index is 12.2. The van der Waals surface area contributed by atoms with Gasteiger partial charge in [-0.3, -0.25) is 9.59 Å². The molecule has 0 spiro atoms. The number of carbonyl (C=O) groups is 1. The Balaban J connectivity index is 1.53. The lowest BCUT2D eigenvalue weighted by molar-refractivity contribution is -0.126. The molecule has 0 radical (unpaired) electrons. The molecule has 0 bridgehead atoms. The Kier molecular flexibility index (Phi) is 4.27. The molecule has 7 heteroatoms. The predicted molar refractivity (Wildman–Crippen MR) is 85.1 cm³/mol. The van der Waals surface area contributed by atoms with E-state index in [0.717, 1.165) is 11.3 Å². The molecule has 2 aromatic rings. The molecular formula is C16H18N4O3. The van der Waals surface area contributed by atoms with Crippen LogP contribution < -0.4 is 21.3 Å². The van der Waals surface area contributed by atoms with E-state index in [1.54, 1.807) is 0 Å². The maximum absolute atomic E-state index is 12.2. The summed E-state index contributed by atoms with van der Waals surface area (Å²) in [6, 6.07) is 8.95. The van der Waals surface area contributed by atoms with Gasteiger partial charge in [-0.25, -0.2) is 4.98 Å². The number of H-pyrrole nitrogens is 1. The first-order valence-corrected chi connectivity index (χ1v) is 7.46. The number of ether oxygens (including phenoxy) is 1. The molecular weight excluding hydrogens is 296 g/mol. The number of carbonyl (C=O) groups excluding carboxylic acids is 1. The smallest absolute Gasteiger partial charge is 0.252 e. The molecule has 2 heterocycles. The molecule has 0 saturated carbocycles. The molecule has 1 amide bonds.